The highest BCUT2D eigenvalue weighted by Gasteiger charge is 2.03. The van der Waals surface area contributed by atoms with Crippen LogP contribution in [0.4, 0.5) is 0 Å². The molecule has 0 heterocycles. The smallest absolute Gasteiger partial charge is 0.0764 e. The molecule has 1 atom stereocenters. The van der Waals surface area contributed by atoms with Gasteiger partial charge >= 0.3 is 0 Å². The number of rotatable bonds is 1. The van der Waals surface area contributed by atoms with Crippen molar-refractivity contribution < 1.29 is 10.2 Å². The van der Waals surface area contributed by atoms with Crippen LogP contribution in [0.3, 0.4) is 0 Å². The SMILES string of the molecule is CO.Cc1cc(Cl)ccc1C(C)O. The molecule has 0 fully saturated rings. The number of halogens is 1. The van der Waals surface area contributed by atoms with Crippen LogP contribution < -0.4 is 0 Å². The Hall–Kier alpha value is -0.570. The normalized spacial score (nSPS) is 11.5. The Labute approximate surface area is 83.8 Å². The predicted molar refractivity (Wildman–Crippen MR) is 55.0 cm³/mol. The fourth-order valence-electron chi connectivity index (χ4n) is 1.11. The summed E-state index contributed by atoms with van der Waals surface area (Å²) >= 11 is 5.74. The summed E-state index contributed by atoms with van der Waals surface area (Å²) in [6.45, 7) is 3.68. The van der Waals surface area contributed by atoms with E-state index in [1.165, 1.54) is 0 Å². The van der Waals surface area contributed by atoms with Crippen molar-refractivity contribution in [1.82, 2.24) is 0 Å². The zero-order valence-corrected chi connectivity index (χ0v) is 8.84. The molecule has 0 spiro atoms. The average Bonchev–Trinajstić information content (AvgIpc) is 2.07. The van der Waals surface area contributed by atoms with Gasteiger partial charge in [0.15, 0.2) is 0 Å². The largest absolute Gasteiger partial charge is 0.400 e. The lowest BCUT2D eigenvalue weighted by Crippen LogP contribution is -1.93. The standard InChI is InChI=1S/C9H11ClO.CH4O/c1-6-5-8(10)3-4-9(6)7(2)11;1-2/h3-5,7,11H,1-2H3;2H,1H3. The van der Waals surface area contributed by atoms with Gasteiger partial charge < -0.3 is 10.2 Å². The molecule has 1 rings (SSSR count). The van der Waals surface area contributed by atoms with Crippen molar-refractivity contribution in [1.29, 1.82) is 0 Å². The third-order valence-corrected chi connectivity index (χ3v) is 1.92. The Balaban J connectivity index is 0.000000671. The second kappa shape index (κ2) is 5.97. The molecule has 0 aliphatic rings. The molecule has 1 aromatic rings. The van der Waals surface area contributed by atoms with Crippen molar-refractivity contribution in [3.8, 4) is 0 Å². The van der Waals surface area contributed by atoms with Crippen LogP contribution in [0.5, 0.6) is 0 Å². The molecule has 2 nitrogen and oxygen atoms in total. The first kappa shape index (κ1) is 12.4. The summed E-state index contributed by atoms with van der Waals surface area (Å²) in [5.74, 6) is 0. The zero-order chi connectivity index (χ0) is 10.4. The number of aliphatic hydroxyl groups excluding tert-OH is 2. The lowest BCUT2D eigenvalue weighted by Gasteiger charge is -2.07. The van der Waals surface area contributed by atoms with E-state index in [-0.39, 0.29) is 0 Å². The maximum Gasteiger partial charge on any atom is 0.0764 e. The van der Waals surface area contributed by atoms with Crippen LogP contribution in [-0.4, -0.2) is 17.3 Å². The highest BCUT2D eigenvalue weighted by Crippen LogP contribution is 2.20. The molecule has 0 aromatic heterocycles. The predicted octanol–water partition coefficient (Wildman–Crippen LogP) is 2.31. The van der Waals surface area contributed by atoms with Crippen molar-refractivity contribution in [3.63, 3.8) is 0 Å². The summed E-state index contributed by atoms with van der Waals surface area (Å²) in [4.78, 5) is 0. The van der Waals surface area contributed by atoms with Gasteiger partial charge in [0.05, 0.1) is 6.10 Å². The van der Waals surface area contributed by atoms with Crippen LogP contribution in [0.25, 0.3) is 0 Å². The molecule has 0 saturated carbocycles. The van der Waals surface area contributed by atoms with E-state index < -0.39 is 6.10 Å². The van der Waals surface area contributed by atoms with Crippen molar-refractivity contribution in [2.24, 2.45) is 0 Å². The monoisotopic (exact) mass is 202 g/mol. The zero-order valence-electron chi connectivity index (χ0n) is 8.08. The number of hydrogen-bond acceptors (Lipinski definition) is 2. The number of hydrogen-bond donors (Lipinski definition) is 2. The maximum atomic E-state index is 9.25. The highest BCUT2D eigenvalue weighted by atomic mass is 35.5. The van der Waals surface area contributed by atoms with E-state index in [1.54, 1.807) is 13.0 Å². The van der Waals surface area contributed by atoms with Crippen LogP contribution in [0.1, 0.15) is 24.2 Å². The molecule has 1 unspecified atom stereocenters. The van der Waals surface area contributed by atoms with Gasteiger partial charge in [0.1, 0.15) is 0 Å². The van der Waals surface area contributed by atoms with Crippen molar-refractivity contribution in [3.05, 3.63) is 34.3 Å². The van der Waals surface area contributed by atoms with Crippen molar-refractivity contribution in [2.45, 2.75) is 20.0 Å². The van der Waals surface area contributed by atoms with E-state index in [9.17, 15) is 5.11 Å². The second-order valence-electron chi connectivity index (χ2n) is 2.68. The van der Waals surface area contributed by atoms with Gasteiger partial charge in [-0.25, -0.2) is 0 Å². The van der Waals surface area contributed by atoms with Gasteiger partial charge in [0, 0.05) is 12.1 Å². The summed E-state index contributed by atoms with van der Waals surface area (Å²) in [5, 5.41) is 17.0. The minimum Gasteiger partial charge on any atom is -0.400 e. The first-order chi connectivity index (χ1) is 6.11. The van der Waals surface area contributed by atoms with Gasteiger partial charge in [-0.05, 0) is 37.1 Å². The van der Waals surface area contributed by atoms with E-state index in [1.807, 2.05) is 19.1 Å². The van der Waals surface area contributed by atoms with E-state index in [4.69, 9.17) is 16.7 Å². The summed E-state index contributed by atoms with van der Waals surface area (Å²) in [5.41, 5.74) is 1.97. The highest BCUT2D eigenvalue weighted by molar-refractivity contribution is 6.30. The van der Waals surface area contributed by atoms with Gasteiger partial charge in [-0.2, -0.15) is 0 Å². The Morgan fingerprint density at radius 1 is 1.31 bits per heavy atom. The third kappa shape index (κ3) is 3.77. The summed E-state index contributed by atoms with van der Waals surface area (Å²) in [6, 6.07) is 5.49. The van der Waals surface area contributed by atoms with E-state index >= 15 is 0 Å². The van der Waals surface area contributed by atoms with Crippen LogP contribution in [0.15, 0.2) is 18.2 Å². The first-order valence-corrected chi connectivity index (χ1v) is 4.38. The molecule has 3 heteroatoms. The lowest BCUT2D eigenvalue weighted by atomic mass is 10.1. The maximum absolute atomic E-state index is 9.25. The van der Waals surface area contributed by atoms with Gasteiger partial charge in [-0.1, -0.05) is 17.7 Å². The molecule has 0 saturated heterocycles. The first-order valence-electron chi connectivity index (χ1n) is 4.00. The van der Waals surface area contributed by atoms with E-state index in [2.05, 4.69) is 0 Å². The molecule has 13 heavy (non-hydrogen) atoms. The molecule has 0 amide bonds. The minimum atomic E-state index is -0.410. The van der Waals surface area contributed by atoms with Gasteiger partial charge in [0.25, 0.3) is 0 Å². The average molecular weight is 203 g/mol. The fourth-order valence-corrected chi connectivity index (χ4v) is 1.33. The number of benzene rings is 1. The number of aliphatic hydroxyl groups is 2. The number of aryl methyl sites for hydroxylation is 1. The van der Waals surface area contributed by atoms with Crippen LogP contribution >= 0.6 is 11.6 Å². The van der Waals surface area contributed by atoms with Crippen molar-refractivity contribution >= 4 is 11.6 Å². The Morgan fingerprint density at radius 3 is 2.23 bits per heavy atom. The van der Waals surface area contributed by atoms with Gasteiger partial charge in [-0.3, -0.25) is 0 Å². The van der Waals surface area contributed by atoms with E-state index in [0.29, 0.717) is 5.02 Å². The van der Waals surface area contributed by atoms with Gasteiger partial charge in [0.2, 0.25) is 0 Å². The molecular weight excluding hydrogens is 188 g/mol. The Kier molecular flexibility index (Phi) is 5.71. The Morgan fingerprint density at radius 2 is 1.85 bits per heavy atom. The molecule has 2 N–H and O–H groups in total. The molecular formula is C10H15ClO2. The summed E-state index contributed by atoms with van der Waals surface area (Å²) in [6.07, 6.45) is -0.410. The fraction of sp³-hybridized carbons (Fsp3) is 0.400. The molecule has 0 bridgehead atoms. The Bertz CT molecular complexity index is 259. The molecule has 0 aliphatic carbocycles. The molecule has 1 aromatic carbocycles. The van der Waals surface area contributed by atoms with Crippen LogP contribution in [0.2, 0.25) is 5.02 Å². The van der Waals surface area contributed by atoms with Crippen LogP contribution in [-0.2, 0) is 0 Å². The molecule has 0 radical (unpaired) electrons. The van der Waals surface area contributed by atoms with Crippen molar-refractivity contribution in [2.75, 3.05) is 7.11 Å². The molecule has 0 aliphatic heterocycles. The second-order valence-corrected chi connectivity index (χ2v) is 3.11. The summed E-state index contributed by atoms with van der Waals surface area (Å²) in [7, 11) is 1.00. The minimum absolute atomic E-state index is 0.410. The van der Waals surface area contributed by atoms with E-state index in [0.717, 1.165) is 18.2 Å². The van der Waals surface area contributed by atoms with Gasteiger partial charge in [-0.15, -0.1) is 0 Å². The summed E-state index contributed by atoms with van der Waals surface area (Å²) < 4.78 is 0. The lowest BCUT2D eigenvalue weighted by molar-refractivity contribution is 0.198. The third-order valence-electron chi connectivity index (χ3n) is 1.68. The topological polar surface area (TPSA) is 40.5 Å². The molecule has 74 valence electrons. The van der Waals surface area contributed by atoms with Crippen LogP contribution in [0, 0.1) is 6.92 Å². The quantitative estimate of drug-likeness (QED) is 0.734.